The maximum Gasteiger partial charge on any atom is 0.314 e. The van der Waals surface area contributed by atoms with Crippen molar-refractivity contribution in [2.24, 2.45) is 33.5 Å². The first-order valence-electron chi connectivity index (χ1n) is 14.3. The molecule has 0 amide bonds. The summed E-state index contributed by atoms with van der Waals surface area (Å²) in [4.78, 5) is 28.6. The predicted molar refractivity (Wildman–Crippen MR) is 144 cm³/mol. The minimum absolute atomic E-state index is 0.0647. The fourth-order valence-corrected chi connectivity index (χ4v) is 9.95. The summed E-state index contributed by atoms with van der Waals surface area (Å²) in [6.07, 6.45) is 5.26. The summed E-state index contributed by atoms with van der Waals surface area (Å²) in [5.41, 5.74) is -3.35. The highest BCUT2D eigenvalue weighted by molar-refractivity contribution is 6.01. The van der Waals surface area contributed by atoms with E-state index in [2.05, 4.69) is 30.9 Å². The number of aliphatic hydroxyl groups is 2. The summed E-state index contributed by atoms with van der Waals surface area (Å²) < 4.78 is 23.5. The van der Waals surface area contributed by atoms with Crippen molar-refractivity contribution in [2.45, 2.75) is 64.8 Å². The number of likely N-dealkylation sites (tertiary alicyclic amines) is 1. The second-order valence-corrected chi connectivity index (χ2v) is 13.3. The van der Waals surface area contributed by atoms with Gasteiger partial charge in [0.2, 0.25) is 0 Å². The van der Waals surface area contributed by atoms with E-state index in [0.717, 1.165) is 11.1 Å². The smallest absolute Gasteiger partial charge is 0.314 e. The zero-order chi connectivity index (χ0) is 27.8. The molecule has 4 aliphatic carbocycles. The van der Waals surface area contributed by atoms with Crippen LogP contribution in [0.2, 0.25) is 0 Å². The van der Waals surface area contributed by atoms with Gasteiger partial charge in [-0.2, -0.15) is 0 Å². The number of allylic oxidation sites excluding steroid dienone is 4. The highest BCUT2D eigenvalue weighted by atomic mass is 19.1. The molecule has 1 aromatic carbocycles. The third kappa shape index (κ3) is 3.30. The highest BCUT2D eigenvalue weighted by Gasteiger charge is 2.82. The van der Waals surface area contributed by atoms with E-state index in [1.54, 1.807) is 12.2 Å². The normalized spacial score (nSPS) is 44.7. The number of hydrogen-bond acceptors (Lipinski definition) is 6. The van der Waals surface area contributed by atoms with Gasteiger partial charge < -0.3 is 14.9 Å². The zero-order valence-corrected chi connectivity index (χ0v) is 23.2. The number of esters is 1. The van der Waals surface area contributed by atoms with Gasteiger partial charge in [0, 0.05) is 31.0 Å². The van der Waals surface area contributed by atoms with Crippen molar-refractivity contribution in [3.05, 3.63) is 59.7 Å². The number of alkyl halides is 1. The molecule has 0 bridgehead atoms. The quantitative estimate of drug-likeness (QED) is 0.552. The molecule has 6 nitrogen and oxygen atoms in total. The average molecular weight is 538 g/mol. The Hall–Kier alpha value is -2.35. The first kappa shape index (κ1) is 26.9. The lowest BCUT2D eigenvalue weighted by atomic mass is 9.39. The Morgan fingerprint density at radius 3 is 2.64 bits per heavy atom. The minimum Gasteiger partial charge on any atom is -0.463 e. The van der Waals surface area contributed by atoms with Crippen LogP contribution in [0, 0.1) is 33.5 Å². The molecule has 8 unspecified atom stereocenters. The maximum atomic E-state index is 17.8. The van der Waals surface area contributed by atoms with Crippen LogP contribution in [-0.2, 0) is 20.9 Å². The minimum atomic E-state index is -1.96. The molecule has 5 aliphatic rings. The van der Waals surface area contributed by atoms with Crippen LogP contribution < -0.4 is 0 Å². The van der Waals surface area contributed by atoms with E-state index in [0.29, 0.717) is 38.9 Å². The topological polar surface area (TPSA) is 87.1 Å². The van der Waals surface area contributed by atoms with E-state index < -0.39 is 39.4 Å². The summed E-state index contributed by atoms with van der Waals surface area (Å²) in [6, 6.07) is 10.2. The lowest BCUT2D eigenvalue weighted by molar-refractivity contribution is -0.241. The summed E-state index contributed by atoms with van der Waals surface area (Å²) in [5, 5.41) is 21.3. The molecule has 7 heteroatoms. The fraction of sp³-hybridized carbons (Fsp3) is 0.625. The number of benzene rings is 1. The van der Waals surface area contributed by atoms with Gasteiger partial charge in [-0.3, -0.25) is 14.5 Å². The molecule has 1 saturated heterocycles. The molecule has 0 radical (unpaired) electrons. The second-order valence-electron chi connectivity index (χ2n) is 13.3. The van der Waals surface area contributed by atoms with E-state index in [1.807, 2.05) is 25.1 Å². The van der Waals surface area contributed by atoms with Gasteiger partial charge in [0.1, 0.15) is 6.61 Å². The predicted octanol–water partition coefficient (Wildman–Crippen LogP) is 4.01. The van der Waals surface area contributed by atoms with Gasteiger partial charge in [-0.15, -0.1) is 0 Å². The molecular formula is C32H40FNO5. The largest absolute Gasteiger partial charge is 0.463 e. The van der Waals surface area contributed by atoms with E-state index in [1.165, 1.54) is 6.08 Å². The third-order valence-electron chi connectivity index (χ3n) is 11.9. The SMILES string of the molecule is CC12C=CC(=O)C=C1CCC1C3(C)CC4CN(Cc5ccccc5)CC4(C(=O)OCCO)C3(C)CC(O)C12F. The van der Waals surface area contributed by atoms with Crippen molar-refractivity contribution >= 4 is 11.8 Å². The molecule has 0 spiro atoms. The lowest BCUT2D eigenvalue weighted by Gasteiger charge is -2.67. The molecule has 4 fully saturated rings. The molecule has 1 heterocycles. The van der Waals surface area contributed by atoms with Gasteiger partial charge in [0.25, 0.3) is 0 Å². The van der Waals surface area contributed by atoms with E-state index in [9.17, 15) is 19.8 Å². The van der Waals surface area contributed by atoms with Crippen molar-refractivity contribution in [2.75, 3.05) is 26.3 Å². The van der Waals surface area contributed by atoms with Crippen molar-refractivity contribution in [1.29, 1.82) is 0 Å². The first-order valence-corrected chi connectivity index (χ1v) is 14.3. The molecule has 1 aromatic rings. The van der Waals surface area contributed by atoms with Crippen molar-refractivity contribution < 1.29 is 28.9 Å². The third-order valence-corrected chi connectivity index (χ3v) is 11.9. The number of hydrogen-bond donors (Lipinski definition) is 2. The van der Waals surface area contributed by atoms with Crippen molar-refractivity contribution in [3.63, 3.8) is 0 Å². The Bertz CT molecular complexity index is 1250. The van der Waals surface area contributed by atoms with Crippen molar-refractivity contribution in [3.8, 4) is 0 Å². The fourth-order valence-electron chi connectivity index (χ4n) is 9.95. The highest BCUT2D eigenvalue weighted by Crippen LogP contribution is 2.79. The summed E-state index contributed by atoms with van der Waals surface area (Å²) in [5.74, 6) is -1.03. The molecule has 6 rings (SSSR count). The molecule has 2 N–H and O–H groups in total. The van der Waals surface area contributed by atoms with Gasteiger partial charge >= 0.3 is 5.97 Å². The van der Waals surface area contributed by atoms with Gasteiger partial charge in [-0.25, -0.2) is 4.39 Å². The number of halogens is 1. The Labute approximate surface area is 229 Å². The number of ether oxygens (including phenoxy) is 1. The van der Waals surface area contributed by atoms with Crippen LogP contribution in [0.1, 0.15) is 52.0 Å². The van der Waals surface area contributed by atoms with Gasteiger partial charge in [-0.05, 0) is 67.1 Å². The summed E-state index contributed by atoms with van der Waals surface area (Å²) >= 11 is 0. The van der Waals surface area contributed by atoms with Crippen molar-refractivity contribution in [1.82, 2.24) is 4.90 Å². The van der Waals surface area contributed by atoms with Crippen LogP contribution in [0.5, 0.6) is 0 Å². The number of carbonyl (C=O) groups is 2. The van der Waals surface area contributed by atoms with Crippen LogP contribution in [0.25, 0.3) is 0 Å². The maximum absolute atomic E-state index is 17.8. The van der Waals surface area contributed by atoms with Crippen LogP contribution in [-0.4, -0.2) is 64.9 Å². The monoisotopic (exact) mass is 537 g/mol. The average Bonchev–Trinajstić information content (AvgIpc) is 3.34. The first-order chi connectivity index (χ1) is 18.5. The van der Waals surface area contributed by atoms with E-state index in [4.69, 9.17) is 4.74 Å². The molecule has 3 saturated carbocycles. The second kappa shape index (κ2) is 8.82. The van der Waals surface area contributed by atoms with Gasteiger partial charge in [0.15, 0.2) is 11.5 Å². The number of rotatable bonds is 5. The molecule has 8 atom stereocenters. The van der Waals surface area contributed by atoms with Crippen LogP contribution >= 0.6 is 0 Å². The molecule has 210 valence electrons. The van der Waals surface area contributed by atoms with Crippen LogP contribution in [0.3, 0.4) is 0 Å². The Morgan fingerprint density at radius 2 is 1.92 bits per heavy atom. The summed E-state index contributed by atoms with van der Waals surface area (Å²) in [7, 11) is 0. The molecular weight excluding hydrogens is 497 g/mol. The Kier molecular flexibility index (Phi) is 6.07. The molecule has 39 heavy (non-hydrogen) atoms. The number of ketones is 1. The number of carbonyl (C=O) groups excluding carboxylic acids is 2. The van der Waals surface area contributed by atoms with Gasteiger partial charge in [-0.1, -0.05) is 55.8 Å². The zero-order valence-electron chi connectivity index (χ0n) is 23.2. The van der Waals surface area contributed by atoms with Gasteiger partial charge in [0.05, 0.1) is 18.1 Å². The van der Waals surface area contributed by atoms with Crippen LogP contribution in [0.4, 0.5) is 4.39 Å². The Balaban J connectivity index is 1.43. The number of aliphatic hydroxyl groups excluding tert-OH is 2. The lowest BCUT2D eigenvalue weighted by Crippen LogP contribution is -2.71. The molecule has 1 aliphatic heterocycles. The summed E-state index contributed by atoms with van der Waals surface area (Å²) in [6.45, 7) is 7.56. The van der Waals surface area contributed by atoms with E-state index >= 15 is 4.39 Å². The van der Waals surface area contributed by atoms with E-state index in [-0.39, 0.29) is 37.3 Å². The Morgan fingerprint density at radius 1 is 1.18 bits per heavy atom. The number of fused-ring (bicyclic) bond motifs is 7. The number of nitrogens with zero attached hydrogens (tertiary/aromatic N) is 1. The van der Waals surface area contributed by atoms with Crippen LogP contribution in [0.15, 0.2) is 54.1 Å². The standard InChI is InChI=1S/C32H40FNO5/c1-28-12-11-24(36)15-22(28)9-10-25-29(2)16-23-19-34(18-21-7-5-4-6-8-21)20-31(23,27(38)39-14-13-35)30(29,3)17-26(37)32(25,28)33/h4-8,11-12,15,23,25-26,35,37H,9-10,13-14,16-20H2,1-3H3. The molecule has 0 aromatic heterocycles.